The number of sulfonamides is 1. The summed E-state index contributed by atoms with van der Waals surface area (Å²) in [6.45, 7) is 3.99. The first-order valence-corrected chi connectivity index (χ1v) is 10.5. The lowest BCUT2D eigenvalue weighted by molar-refractivity contribution is -0.124. The molecule has 0 aliphatic rings. The minimum Gasteiger partial charge on any atom is -0.492 e. The minimum atomic E-state index is -3.59. The quantitative estimate of drug-likeness (QED) is 0.447. The fourth-order valence-electron chi connectivity index (χ4n) is 2.37. The molecule has 0 saturated heterocycles. The van der Waals surface area contributed by atoms with E-state index in [4.69, 9.17) is 9.47 Å². The second kappa shape index (κ2) is 10.6. The van der Waals surface area contributed by atoms with Crippen molar-refractivity contribution in [1.29, 1.82) is 0 Å². The lowest BCUT2D eigenvalue weighted by Crippen LogP contribution is -2.32. The summed E-state index contributed by atoms with van der Waals surface area (Å²) >= 11 is 0. The monoisotopic (exact) mass is 420 g/mol. The first-order valence-electron chi connectivity index (χ1n) is 9.05. The summed E-state index contributed by atoms with van der Waals surface area (Å²) in [5, 5.41) is 2.59. The third-order valence-corrected chi connectivity index (χ3v) is 5.31. The van der Waals surface area contributed by atoms with Gasteiger partial charge in [0.05, 0.1) is 17.0 Å². The molecular weight excluding hydrogens is 396 g/mol. The van der Waals surface area contributed by atoms with E-state index in [2.05, 4.69) is 10.0 Å². The highest BCUT2D eigenvalue weighted by Gasteiger charge is 2.15. The van der Waals surface area contributed by atoms with E-state index >= 15 is 0 Å². The van der Waals surface area contributed by atoms with Gasteiger partial charge < -0.3 is 14.8 Å². The van der Waals surface area contributed by atoms with E-state index in [1.807, 2.05) is 31.2 Å². The number of nitrogens with one attached hydrogen (secondary N) is 2. The van der Waals surface area contributed by atoms with Gasteiger partial charge in [0.25, 0.3) is 5.91 Å². The molecule has 0 radical (unpaired) electrons. The van der Waals surface area contributed by atoms with Gasteiger partial charge in [-0.2, -0.15) is 0 Å². The van der Waals surface area contributed by atoms with Crippen LogP contribution in [0.5, 0.6) is 5.75 Å². The summed E-state index contributed by atoms with van der Waals surface area (Å²) in [6.07, 6.45) is 0. The molecule has 0 heterocycles. The molecule has 0 unspecified atom stereocenters. The van der Waals surface area contributed by atoms with Gasteiger partial charge in [0.15, 0.2) is 6.61 Å². The van der Waals surface area contributed by atoms with Gasteiger partial charge in [0, 0.05) is 6.54 Å². The molecule has 2 rings (SSSR count). The molecule has 156 valence electrons. The Hall–Kier alpha value is -2.91. The average Bonchev–Trinajstić information content (AvgIpc) is 2.69. The molecule has 0 aliphatic heterocycles. The van der Waals surface area contributed by atoms with Crippen LogP contribution in [0.3, 0.4) is 0 Å². The highest BCUT2D eigenvalue weighted by atomic mass is 32.2. The summed E-state index contributed by atoms with van der Waals surface area (Å²) in [7, 11) is -3.59. The van der Waals surface area contributed by atoms with E-state index < -0.39 is 28.5 Å². The number of benzene rings is 2. The predicted octanol–water partition coefficient (Wildman–Crippen LogP) is 1.65. The van der Waals surface area contributed by atoms with E-state index in [1.165, 1.54) is 24.3 Å². The molecule has 2 N–H and O–H groups in total. The molecule has 0 fully saturated rings. The maximum Gasteiger partial charge on any atom is 0.338 e. The number of ether oxygens (including phenoxy) is 2. The SMILES string of the molecule is CCNS(=O)(=O)c1ccc(C(=O)OCC(=O)NCCOc2cccc(C)c2)cc1. The van der Waals surface area contributed by atoms with Crippen molar-refractivity contribution in [2.75, 3.05) is 26.3 Å². The van der Waals surface area contributed by atoms with E-state index in [9.17, 15) is 18.0 Å². The van der Waals surface area contributed by atoms with E-state index in [0.717, 1.165) is 5.56 Å². The van der Waals surface area contributed by atoms with Gasteiger partial charge in [-0.1, -0.05) is 19.1 Å². The van der Waals surface area contributed by atoms with Crippen molar-refractivity contribution in [3.63, 3.8) is 0 Å². The van der Waals surface area contributed by atoms with Gasteiger partial charge in [-0.05, 0) is 48.9 Å². The number of hydrogen-bond acceptors (Lipinski definition) is 6. The number of carbonyl (C=O) groups excluding carboxylic acids is 2. The van der Waals surface area contributed by atoms with Gasteiger partial charge in [-0.15, -0.1) is 0 Å². The zero-order chi connectivity index (χ0) is 21.3. The van der Waals surface area contributed by atoms with Gasteiger partial charge >= 0.3 is 5.97 Å². The fraction of sp³-hybridized carbons (Fsp3) is 0.300. The lowest BCUT2D eigenvalue weighted by atomic mass is 10.2. The Morgan fingerprint density at radius 1 is 1.07 bits per heavy atom. The van der Waals surface area contributed by atoms with Gasteiger partial charge in [0.2, 0.25) is 10.0 Å². The molecule has 8 nitrogen and oxygen atoms in total. The maximum absolute atomic E-state index is 12.0. The third-order valence-electron chi connectivity index (χ3n) is 3.75. The summed E-state index contributed by atoms with van der Waals surface area (Å²) in [4.78, 5) is 23.8. The molecule has 0 aromatic heterocycles. The molecule has 1 amide bonds. The Morgan fingerprint density at radius 2 is 1.79 bits per heavy atom. The highest BCUT2D eigenvalue weighted by molar-refractivity contribution is 7.89. The Balaban J connectivity index is 1.73. The van der Waals surface area contributed by atoms with Crippen LogP contribution in [0.25, 0.3) is 0 Å². The van der Waals surface area contributed by atoms with Crippen LogP contribution in [-0.2, 0) is 19.6 Å². The maximum atomic E-state index is 12.0. The van der Waals surface area contributed by atoms with Crippen molar-refractivity contribution in [3.05, 3.63) is 59.7 Å². The summed E-state index contributed by atoms with van der Waals surface area (Å²) in [5.74, 6) is -0.466. The van der Waals surface area contributed by atoms with Crippen LogP contribution in [-0.4, -0.2) is 46.6 Å². The van der Waals surface area contributed by atoms with E-state index in [1.54, 1.807) is 6.92 Å². The molecule has 2 aromatic rings. The lowest BCUT2D eigenvalue weighted by Gasteiger charge is -2.09. The van der Waals surface area contributed by atoms with Crippen molar-refractivity contribution >= 4 is 21.9 Å². The molecule has 0 aliphatic carbocycles. The molecular formula is C20H24N2O6S. The van der Waals surface area contributed by atoms with Crippen LogP contribution in [0.15, 0.2) is 53.4 Å². The second-order valence-electron chi connectivity index (χ2n) is 6.12. The van der Waals surface area contributed by atoms with Crippen molar-refractivity contribution < 1.29 is 27.5 Å². The molecule has 0 atom stereocenters. The van der Waals surface area contributed by atoms with Gasteiger partial charge in [-0.3, -0.25) is 4.79 Å². The number of amides is 1. The largest absolute Gasteiger partial charge is 0.492 e. The van der Waals surface area contributed by atoms with Crippen molar-refractivity contribution in [1.82, 2.24) is 10.0 Å². The summed E-state index contributed by atoms with van der Waals surface area (Å²) in [6, 6.07) is 12.8. The average molecular weight is 420 g/mol. The predicted molar refractivity (Wildman–Crippen MR) is 107 cm³/mol. The first-order chi connectivity index (χ1) is 13.8. The highest BCUT2D eigenvalue weighted by Crippen LogP contribution is 2.12. The first kappa shape index (κ1) is 22.4. The third kappa shape index (κ3) is 7.20. The minimum absolute atomic E-state index is 0.0438. The molecule has 29 heavy (non-hydrogen) atoms. The van der Waals surface area contributed by atoms with Crippen molar-refractivity contribution in [2.24, 2.45) is 0 Å². The topological polar surface area (TPSA) is 111 Å². The number of hydrogen-bond donors (Lipinski definition) is 2. The molecule has 0 saturated carbocycles. The molecule has 2 aromatic carbocycles. The number of aryl methyl sites for hydroxylation is 1. The zero-order valence-corrected chi connectivity index (χ0v) is 17.1. The summed E-state index contributed by atoms with van der Waals surface area (Å²) in [5.41, 5.74) is 1.22. The van der Waals surface area contributed by atoms with Crippen LogP contribution in [0.1, 0.15) is 22.8 Å². The number of esters is 1. The van der Waals surface area contributed by atoms with E-state index in [-0.39, 0.29) is 30.2 Å². The van der Waals surface area contributed by atoms with Crippen LogP contribution in [0.4, 0.5) is 0 Å². The number of carbonyl (C=O) groups is 2. The zero-order valence-electron chi connectivity index (χ0n) is 16.3. The number of rotatable bonds is 10. The Bertz CT molecular complexity index is 942. The Morgan fingerprint density at radius 3 is 2.45 bits per heavy atom. The smallest absolute Gasteiger partial charge is 0.338 e. The van der Waals surface area contributed by atoms with Crippen molar-refractivity contribution in [2.45, 2.75) is 18.7 Å². The molecule has 9 heteroatoms. The summed E-state index contributed by atoms with van der Waals surface area (Å²) < 4.78 is 36.5. The van der Waals surface area contributed by atoms with Crippen LogP contribution in [0, 0.1) is 6.92 Å². The van der Waals surface area contributed by atoms with Crippen molar-refractivity contribution in [3.8, 4) is 5.75 Å². The van der Waals surface area contributed by atoms with Crippen LogP contribution >= 0.6 is 0 Å². The fourth-order valence-corrected chi connectivity index (χ4v) is 3.41. The second-order valence-corrected chi connectivity index (χ2v) is 7.88. The van der Waals surface area contributed by atoms with Crippen LogP contribution < -0.4 is 14.8 Å². The standard InChI is InChI=1S/C20H24N2O6S/c1-3-22-29(25,26)18-9-7-16(8-10-18)20(24)28-14-19(23)21-11-12-27-17-6-4-5-15(2)13-17/h4-10,13,22H,3,11-12,14H2,1-2H3,(H,21,23). The van der Waals surface area contributed by atoms with E-state index in [0.29, 0.717) is 5.75 Å². The molecule has 0 spiro atoms. The van der Waals surface area contributed by atoms with Gasteiger partial charge in [0.1, 0.15) is 12.4 Å². The molecule has 0 bridgehead atoms. The Kier molecular flexibility index (Phi) is 8.17. The van der Waals surface area contributed by atoms with Gasteiger partial charge in [-0.25, -0.2) is 17.9 Å². The Labute approximate surface area is 170 Å². The normalized spacial score (nSPS) is 11.0. The van der Waals surface area contributed by atoms with Crippen LogP contribution in [0.2, 0.25) is 0 Å².